The monoisotopic (exact) mass is 107 g/mol. The van der Waals surface area contributed by atoms with E-state index in [1.54, 1.807) is 0 Å². The molecule has 0 heterocycles. The van der Waals surface area contributed by atoms with Crippen molar-refractivity contribution in [2.75, 3.05) is 0 Å². The second-order valence-electron chi connectivity index (χ2n) is 0.0833. The Morgan fingerprint density at radius 2 is 1.20 bits per heavy atom. The fraction of sp³-hybridized carbons (Fsp3) is 0. The van der Waals surface area contributed by atoms with Crippen molar-refractivity contribution in [3.8, 4) is 0 Å². The first-order chi connectivity index (χ1) is 2.41. The molecule has 0 atom stereocenters. The van der Waals surface area contributed by atoms with Crippen molar-refractivity contribution in [3.05, 3.63) is 0 Å². The van der Waals surface area contributed by atoms with Crippen LogP contribution in [0.5, 0.6) is 0 Å². The summed E-state index contributed by atoms with van der Waals surface area (Å²) < 4.78 is 25.0. The van der Waals surface area contributed by atoms with Gasteiger partial charge in [-0.1, -0.05) is 0 Å². The topological polar surface area (TPSA) is 51.2 Å². The molecule has 3 nitrogen and oxygen atoms in total. The van der Waals surface area contributed by atoms with E-state index in [-0.39, 0.29) is 0 Å². The van der Waals surface area contributed by atoms with Gasteiger partial charge in [-0.2, -0.15) is 0 Å². The van der Waals surface area contributed by atoms with Crippen molar-refractivity contribution in [2.45, 2.75) is 0 Å². The molecule has 0 aromatic rings. The summed E-state index contributed by atoms with van der Waals surface area (Å²) in [6, 6.07) is 0. The van der Waals surface area contributed by atoms with Gasteiger partial charge in [-0.05, 0) is 0 Å². The van der Waals surface area contributed by atoms with Gasteiger partial charge in [-0.25, -0.2) is 9.13 Å². The molecule has 1 radical (unpaired) electrons. The average molecular weight is 107 g/mol. The molecule has 0 aliphatic heterocycles. The first-order valence-corrected chi connectivity index (χ1v) is 1.93. The Hall–Kier alpha value is 0.232. The van der Waals surface area contributed by atoms with Crippen LogP contribution in [0.4, 0.5) is 0 Å². The molecule has 5 heteroatoms. The first-order valence-electron chi connectivity index (χ1n) is 0.644. The second-order valence-corrected chi connectivity index (χ2v) is 0.250. The Morgan fingerprint density at radius 3 is 1.20 bits per heavy atom. The quantitative estimate of drug-likeness (QED) is 0.319. The molecule has 0 spiro atoms. The normalized spacial score (nSPS) is 3.00. The molecule has 0 fully saturated rings. The summed E-state index contributed by atoms with van der Waals surface area (Å²) >= 11 is 1.17. The van der Waals surface area contributed by atoms with Gasteiger partial charge in [0.1, 0.15) is 0 Å². The zero-order valence-corrected chi connectivity index (χ0v) is 4.46. The van der Waals surface area contributed by atoms with E-state index in [0.717, 1.165) is 0 Å². The third-order valence-electron chi connectivity index (χ3n) is 0. The molecule has 0 aromatic heterocycles. The van der Waals surface area contributed by atoms with Crippen LogP contribution in [0.25, 0.3) is 0 Å². The number of hydrogen-bond donors (Lipinski definition) is 0. The van der Waals surface area contributed by atoms with Crippen molar-refractivity contribution in [2.24, 2.45) is 0 Å². The van der Waals surface area contributed by atoms with E-state index in [2.05, 4.69) is 0 Å². The predicted octanol–water partition coefficient (Wildman–Crippen LogP) is -0.144. The minimum absolute atomic E-state index is 1.17. The molecular formula is HAlO3P. The van der Waals surface area contributed by atoms with Gasteiger partial charge in [0.25, 0.3) is 0 Å². The predicted molar refractivity (Wildman–Crippen MR) is 16.1 cm³/mol. The number of rotatable bonds is 0. The van der Waals surface area contributed by atoms with E-state index in [0.29, 0.717) is 0 Å². The molecule has 0 bridgehead atoms. The van der Waals surface area contributed by atoms with Gasteiger partial charge in [-0.3, -0.25) is 0 Å². The zero-order chi connectivity index (χ0) is 4.71. The van der Waals surface area contributed by atoms with E-state index in [1.165, 1.54) is 16.2 Å². The van der Waals surface area contributed by atoms with Crippen LogP contribution in [0.2, 0.25) is 0 Å². The number of hydrogen-bond acceptors (Lipinski definition) is 3. The molecule has 0 aliphatic rings. The van der Waals surface area contributed by atoms with Crippen LogP contribution in [-0.2, 0) is 12.9 Å². The van der Waals surface area contributed by atoms with Crippen LogP contribution in [0.1, 0.15) is 0 Å². The van der Waals surface area contributed by atoms with Gasteiger partial charge in [0.05, 0.1) is 0 Å². The van der Waals surface area contributed by atoms with Crippen LogP contribution in [0.15, 0.2) is 0 Å². The van der Waals surface area contributed by atoms with Gasteiger partial charge >= 0.3 is 28.4 Å². The SMILES string of the molecule is O=[PH]=O.[O]=[Al]. The molecule has 0 saturated carbocycles. The van der Waals surface area contributed by atoms with Gasteiger partial charge in [0.2, 0.25) is 0 Å². The zero-order valence-electron chi connectivity index (χ0n) is 2.30. The van der Waals surface area contributed by atoms with E-state index in [1.807, 2.05) is 0 Å². The summed E-state index contributed by atoms with van der Waals surface area (Å²) in [5, 5.41) is 0. The fourth-order valence-corrected chi connectivity index (χ4v) is 0. The van der Waals surface area contributed by atoms with Crippen LogP contribution in [0.3, 0.4) is 0 Å². The molecular weight excluding hydrogens is 106 g/mol. The molecule has 0 aliphatic carbocycles. The molecule has 0 saturated heterocycles. The maximum atomic E-state index is 8.40. The average Bonchev–Trinajstić information content (AvgIpc) is 1.46. The summed E-state index contributed by atoms with van der Waals surface area (Å²) in [6.45, 7) is 0. The molecule has 0 rings (SSSR count). The van der Waals surface area contributed by atoms with Gasteiger partial charge < -0.3 is 0 Å². The molecule has 5 heavy (non-hydrogen) atoms. The van der Waals surface area contributed by atoms with Gasteiger partial charge in [0.15, 0.2) is 0 Å². The van der Waals surface area contributed by atoms with Crippen LogP contribution < -0.4 is 0 Å². The van der Waals surface area contributed by atoms with Crippen molar-refractivity contribution in [3.63, 3.8) is 0 Å². The Kier molecular flexibility index (Phi) is 52.2. The van der Waals surface area contributed by atoms with Crippen LogP contribution in [0, 0.1) is 0 Å². The Labute approximate surface area is 38.2 Å². The molecule has 0 aromatic carbocycles. The maximum absolute atomic E-state index is 8.40. The Bertz CT molecular complexity index is 36.2. The van der Waals surface area contributed by atoms with Gasteiger partial charge in [0, 0.05) is 0 Å². The fourth-order valence-electron chi connectivity index (χ4n) is 0. The Morgan fingerprint density at radius 1 is 1.20 bits per heavy atom. The Balaban J connectivity index is 0. The van der Waals surface area contributed by atoms with E-state index in [4.69, 9.17) is 12.9 Å². The minimum atomic E-state index is -1.42. The summed E-state index contributed by atoms with van der Waals surface area (Å²) in [6.07, 6.45) is 0. The molecule has 27 valence electrons. The molecule has 0 amide bonds. The summed E-state index contributed by atoms with van der Waals surface area (Å²) in [5.41, 5.74) is 0. The standard InChI is InChI=1S/Al.HO2P.O/c;1-3-2;/h;3H;. The van der Waals surface area contributed by atoms with E-state index >= 15 is 0 Å². The van der Waals surface area contributed by atoms with Crippen molar-refractivity contribution < 1.29 is 12.9 Å². The van der Waals surface area contributed by atoms with Crippen molar-refractivity contribution in [1.29, 1.82) is 0 Å². The van der Waals surface area contributed by atoms with Crippen molar-refractivity contribution >= 4 is 24.6 Å². The second kappa shape index (κ2) is 29.1. The molecule has 0 N–H and O–H groups in total. The summed E-state index contributed by atoms with van der Waals surface area (Å²) in [5.74, 6) is 0. The first kappa shape index (κ1) is 8.97. The third-order valence-corrected chi connectivity index (χ3v) is 0. The van der Waals surface area contributed by atoms with E-state index < -0.39 is 8.34 Å². The van der Waals surface area contributed by atoms with Crippen LogP contribution >= 0.6 is 8.34 Å². The van der Waals surface area contributed by atoms with Crippen molar-refractivity contribution in [1.82, 2.24) is 0 Å². The van der Waals surface area contributed by atoms with Crippen LogP contribution in [-0.4, -0.2) is 16.2 Å². The summed E-state index contributed by atoms with van der Waals surface area (Å²) in [4.78, 5) is 0. The van der Waals surface area contributed by atoms with E-state index in [9.17, 15) is 0 Å². The van der Waals surface area contributed by atoms with Gasteiger partial charge in [-0.15, -0.1) is 0 Å². The summed E-state index contributed by atoms with van der Waals surface area (Å²) in [7, 11) is -1.42. The molecule has 0 unspecified atom stereocenters. The third kappa shape index (κ3) is 390.